The van der Waals surface area contributed by atoms with Crippen molar-refractivity contribution in [3.63, 3.8) is 0 Å². The van der Waals surface area contributed by atoms with E-state index in [9.17, 15) is 10.1 Å². The van der Waals surface area contributed by atoms with Crippen LogP contribution in [-0.2, 0) is 0 Å². The Morgan fingerprint density at radius 3 is 2.60 bits per heavy atom. The highest BCUT2D eigenvalue weighted by atomic mass is 35.5. The van der Waals surface area contributed by atoms with Crippen molar-refractivity contribution in [3.8, 4) is 0 Å². The van der Waals surface area contributed by atoms with Crippen molar-refractivity contribution in [3.05, 3.63) is 68.7 Å². The average molecular weight is 291 g/mol. The van der Waals surface area contributed by atoms with Gasteiger partial charge in [0.05, 0.1) is 11.0 Å². The summed E-state index contributed by atoms with van der Waals surface area (Å²) in [5, 5.41) is 14.9. The van der Waals surface area contributed by atoms with E-state index in [1.165, 1.54) is 0 Å². The Bertz CT molecular complexity index is 644. The van der Waals surface area contributed by atoms with Crippen LogP contribution in [0.1, 0.15) is 24.1 Å². The van der Waals surface area contributed by atoms with Gasteiger partial charge in [-0.25, -0.2) is 0 Å². The van der Waals surface area contributed by atoms with Gasteiger partial charge in [0.1, 0.15) is 5.69 Å². The number of nitrogens with zero attached hydrogens (tertiary/aromatic N) is 1. The van der Waals surface area contributed by atoms with E-state index in [1.54, 1.807) is 18.2 Å². The topological polar surface area (TPSA) is 55.2 Å². The van der Waals surface area contributed by atoms with Gasteiger partial charge >= 0.3 is 0 Å². The second kappa shape index (κ2) is 5.92. The summed E-state index contributed by atoms with van der Waals surface area (Å²) in [5.74, 6) is 0. The number of hydrogen-bond donors (Lipinski definition) is 1. The molecular weight excluding hydrogens is 276 g/mol. The van der Waals surface area contributed by atoms with Gasteiger partial charge in [0.25, 0.3) is 5.69 Å². The van der Waals surface area contributed by atoms with Gasteiger partial charge in [-0.15, -0.1) is 0 Å². The average Bonchev–Trinajstić information content (AvgIpc) is 2.41. The largest absolute Gasteiger partial charge is 0.373 e. The van der Waals surface area contributed by atoms with E-state index in [-0.39, 0.29) is 16.7 Å². The van der Waals surface area contributed by atoms with E-state index < -0.39 is 0 Å². The number of rotatable bonds is 4. The third kappa shape index (κ3) is 3.08. The number of aryl methyl sites for hydroxylation is 1. The number of hydrogen-bond acceptors (Lipinski definition) is 3. The van der Waals surface area contributed by atoms with Crippen molar-refractivity contribution in [1.29, 1.82) is 0 Å². The molecule has 20 heavy (non-hydrogen) atoms. The molecule has 0 radical (unpaired) electrons. The lowest BCUT2D eigenvalue weighted by Crippen LogP contribution is -2.09. The van der Waals surface area contributed by atoms with Crippen LogP contribution in [0, 0.1) is 17.0 Å². The van der Waals surface area contributed by atoms with Gasteiger partial charge in [-0.05, 0) is 37.1 Å². The predicted molar refractivity (Wildman–Crippen MR) is 81.3 cm³/mol. The molecule has 0 heterocycles. The van der Waals surface area contributed by atoms with Gasteiger partial charge < -0.3 is 5.32 Å². The van der Waals surface area contributed by atoms with Crippen LogP contribution in [0.5, 0.6) is 0 Å². The van der Waals surface area contributed by atoms with E-state index in [0.717, 1.165) is 11.1 Å². The summed E-state index contributed by atoms with van der Waals surface area (Å²) in [6, 6.07) is 12.5. The zero-order valence-corrected chi connectivity index (χ0v) is 12.0. The summed E-state index contributed by atoms with van der Waals surface area (Å²) < 4.78 is 0. The van der Waals surface area contributed by atoms with E-state index >= 15 is 0 Å². The van der Waals surface area contributed by atoms with Gasteiger partial charge in [-0.2, -0.15) is 0 Å². The molecule has 0 spiro atoms. The molecule has 0 aliphatic heterocycles. The fraction of sp³-hybridized carbons (Fsp3) is 0.200. The summed E-state index contributed by atoms with van der Waals surface area (Å²) in [7, 11) is 0. The van der Waals surface area contributed by atoms with Crippen molar-refractivity contribution in [1.82, 2.24) is 0 Å². The van der Waals surface area contributed by atoms with Crippen LogP contribution >= 0.6 is 11.6 Å². The molecule has 1 unspecified atom stereocenters. The molecule has 104 valence electrons. The molecule has 1 atom stereocenters. The number of benzene rings is 2. The first-order chi connectivity index (χ1) is 9.49. The SMILES string of the molecule is Cc1ccc(NC(C)c2ccccc2Cl)c([N+](=O)[O-])c1. The molecule has 2 aromatic rings. The Morgan fingerprint density at radius 1 is 1.25 bits per heavy atom. The summed E-state index contributed by atoms with van der Waals surface area (Å²) in [6.45, 7) is 3.75. The minimum Gasteiger partial charge on any atom is -0.373 e. The van der Waals surface area contributed by atoms with Gasteiger partial charge in [-0.1, -0.05) is 35.9 Å². The number of nitro benzene ring substituents is 1. The van der Waals surface area contributed by atoms with Crippen LogP contribution < -0.4 is 5.32 Å². The second-order valence-corrected chi connectivity index (χ2v) is 5.07. The van der Waals surface area contributed by atoms with Crippen LogP contribution in [0.15, 0.2) is 42.5 Å². The Balaban J connectivity index is 2.31. The molecule has 0 bridgehead atoms. The van der Waals surface area contributed by atoms with Crippen LogP contribution in [0.25, 0.3) is 0 Å². The maximum atomic E-state index is 11.1. The van der Waals surface area contributed by atoms with Gasteiger partial charge in [0, 0.05) is 11.1 Å². The molecule has 0 fully saturated rings. The third-order valence-corrected chi connectivity index (χ3v) is 3.44. The van der Waals surface area contributed by atoms with Crippen LogP contribution in [0.2, 0.25) is 5.02 Å². The molecule has 1 N–H and O–H groups in total. The molecule has 0 saturated carbocycles. The highest BCUT2D eigenvalue weighted by molar-refractivity contribution is 6.31. The fourth-order valence-corrected chi connectivity index (χ4v) is 2.35. The Labute approximate surface area is 122 Å². The molecule has 5 heteroatoms. The summed E-state index contributed by atoms with van der Waals surface area (Å²) >= 11 is 6.14. The molecule has 2 aromatic carbocycles. The van der Waals surface area contributed by atoms with Crippen molar-refractivity contribution in [2.24, 2.45) is 0 Å². The highest BCUT2D eigenvalue weighted by Gasteiger charge is 2.17. The number of anilines is 1. The second-order valence-electron chi connectivity index (χ2n) is 4.67. The zero-order valence-electron chi connectivity index (χ0n) is 11.3. The van der Waals surface area contributed by atoms with E-state index in [1.807, 2.05) is 38.1 Å². The van der Waals surface area contributed by atoms with E-state index in [0.29, 0.717) is 10.7 Å². The first-order valence-corrected chi connectivity index (χ1v) is 6.63. The summed E-state index contributed by atoms with van der Waals surface area (Å²) in [6.07, 6.45) is 0. The van der Waals surface area contributed by atoms with Crippen LogP contribution in [-0.4, -0.2) is 4.92 Å². The predicted octanol–water partition coefficient (Wildman–Crippen LogP) is 4.73. The van der Waals surface area contributed by atoms with Crippen LogP contribution in [0.4, 0.5) is 11.4 Å². The van der Waals surface area contributed by atoms with Gasteiger partial charge in [0.2, 0.25) is 0 Å². The first-order valence-electron chi connectivity index (χ1n) is 6.25. The molecular formula is C15H15ClN2O2. The first kappa shape index (κ1) is 14.3. The van der Waals surface area contributed by atoms with Crippen molar-refractivity contribution in [2.75, 3.05) is 5.32 Å². The lowest BCUT2D eigenvalue weighted by atomic mass is 10.1. The van der Waals surface area contributed by atoms with Crippen molar-refractivity contribution in [2.45, 2.75) is 19.9 Å². The smallest absolute Gasteiger partial charge is 0.292 e. The fourth-order valence-electron chi connectivity index (χ4n) is 2.05. The van der Waals surface area contributed by atoms with E-state index in [2.05, 4.69) is 5.32 Å². The lowest BCUT2D eigenvalue weighted by molar-refractivity contribution is -0.384. The number of nitro groups is 1. The monoisotopic (exact) mass is 290 g/mol. The number of halogens is 1. The summed E-state index contributed by atoms with van der Waals surface area (Å²) in [4.78, 5) is 10.7. The highest BCUT2D eigenvalue weighted by Crippen LogP contribution is 2.31. The normalized spacial score (nSPS) is 11.9. The minimum absolute atomic E-state index is 0.0731. The summed E-state index contributed by atoms with van der Waals surface area (Å²) in [5.41, 5.74) is 2.33. The molecule has 0 amide bonds. The Kier molecular flexibility index (Phi) is 4.25. The minimum atomic E-state index is -0.380. The standard InChI is InChI=1S/C15H15ClN2O2/c1-10-7-8-14(15(9-10)18(19)20)17-11(2)12-5-3-4-6-13(12)16/h3-9,11,17H,1-2H3. The maximum absolute atomic E-state index is 11.1. The molecule has 0 aliphatic carbocycles. The molecule has 0 aliphatic rings. The van der Waals surface area contributed by atoms with E-state index in [4.69, 9.17) is 11.6 Å². The maximum Gasteiger partial charge on any atom is 0.292 e. The van der Waals surface area contributed by atoms with Gasteiger partial charge in [-0.3, -0.25) is 10.1 Å². The Morgan fingerprint density at radius 2 is 1.95 bits per heavy atom. The molecule has 4 nitrogen and oxygen atoms in total. The molecule has 0 saturated heterocycles. The van der Waals surface area contributed by atoms with Crippen molar-refractivity contribution >= 4 is 23.0 Å². The van der Waals surface area contributed by atoms with Gasteiger partial charge in [0.15, 0.2) is 0 Å². The molecule has 2 rings (SSSR count). The van der Waals surface area contributed by atoms with Crippen molar-refractivity contribution < 1.29 is 4.92 Å². The molecule has 0 aromatic heterocycles. The lowest BCUT2D eigenvalue weighted by Gasteiger charge is -2.17. The quantitative estimate of drug-likeness (QED) is 0.654. The Hall–Kier alpha value is -2.07. The zero-order chi connectivity index (χ0) is 14.7. The third-order valence-electron chi connectivity index (χ3n) is 3.09. The number of nitrogens with one attached hydrogen (secondary N) is 1. The van der Waals surface area contributed by atoms with Crippen LogP contribution in [0.3, 0.4) is 0 Å².